The summed E-state index contributed by atoms with van der Waals surface area (Å²) in [5.74, 6) is 0.0718. The SMILES string of the molecule is COC(=O)[C@H](N)c1cc(Br)ccc1OC. The molecule has 0 radical (unpaired) electrons. The molecule has 82 valence electrons. The molecule has 0 heterocycles. The van der Waals surface area contributed by atoms with Crippen molar-refractivity contribution in [2.24, 2.45) is 5.73 Å². The number of benzene rings is 1. The maximum absolute atomic E-state index is 11.3. The van der Waals surface area contributed by atoms with E-state index in [1.165, 1.54) is 14.2 Å². The van der Waals surface area contributed by atoms with Gasteiger partial charge in [-0.25, -0.2) is 0 Å². The normalized spacial score (nSPS) is 12.0. The Morgan fingerprint density at radius 3 is 2.67 bits per heavy atom. The molecule has 4 nitrogen and oxygen atoms in total. The van der Waals surface area contributed by atoms with Crippen molar-refractivity contribution in [3.05, 3.63) is 28.2 Å². The summed E-state index contributed by atoms with van der Waals surface area (Å²) in [5, 5.41) is 0. The number of hydrogen-bond donors (Lipinski definition) is 1. The predicted octanol–water partition coefficient (Wildman–Crippen LogP) is 1.63. The van der Waals surface area contributed by atoms with E-state index in [9.17, 15) is 4.79 Å². The number of nitrogens with two attached hydrogens (primary N) is 1. The summed E-state index contributed by atoms with van der Waals surface area (Å²) in [6, 6.07) is 4.46. The molecular formula is C10H12BrNO3. The largest absolute Gasteiger partial charge is 0.496 e. The van der Waals surface area contributed by atoms with Crippen molar-refractivity contribution in [3.63, 3.8) is 0 Å². The lowest BCUT2D eigenvalue weighted by Gasteiger charge is -2.13. The van der Waals surface area contributed by atoms with E-state index in [4.69, 9.17) is 10.5 Å². The molecule has 1 rings (SSSR count). The van der Waals surface area contributed by atoms with E-state index in [2.05, 4.69) is 20.7 Å². The molecule has 0 aliphatic carbocycles. The van der Waals surface area contributed by atoms with Crippen LogP contribution < -0.4 is 10.5 Å². The Kier molecular flexibility index (Phi) is 4.11. The van der Waals surface area contributed by atoms with Crippen LogP contribution in [-0.2, 0) is 9.53 Å². The Balaban J connectivity index is 3.10. The fourth-order valence-electron chi connectivity index (χ4n) is 1.20. The van der Waals surface area contributed by atoms with Crippen LogP contribution in [0.15, 0.2) is 22.7 Å². The molecule has 0 aliphatic heterocycles. The van der Waals surface area contributed by atoms with Crippen molar-refractivity contribution in [3.8, 4) is 5.75 Å². The maximum Gasteiger partial charge on any atom is 0.327 e. The molecule has 0 fully saturated rings. The zero-order valence-corrected chi connectivity index (χ0v) is 10.1. The maximum atomic E-state index is 11.3. The second kappa shape index (κ2) is 5.14. The fourth-order valence-corrected chi connectivity index (χ4v) is 1.58. The molecule has 0 aromatic heterocycles. The van der Waals surface area contributed by atoms with E-state index in [0.29, 0.717) is 11.3 Å². The van der Waals surface area contributed by atoms with Crippen LogP contribution in [0.1, 0.15) is 11.6 Å². The Morgan fingerprint density at radius 2 is 2.13 bits per heavy atom. The summed E-state index contributed by atoms with van der Waals surface area (Å²) < 4.78 is 10.5. The molecule has 0 amide bonds. The first-order chi connectivity index (χ1) is 7.10. The molecule has 0 spiro atoms. The third kappa shape index (κ3) is 2.70. The summed E-state index contributed by atoms with van der Waals surface area (Å²) in [6.45, 7) is 0. The van der Waals surface area contributed by atoms with E-state index >= 15 is 0 Å². The lowest BCUT2D eigenvalue weighted by atomic mass is 10.1. The molecule has 1 aromatic rings. The van der Waals surface area contributed by atoms with Gasteiger partial charge in [-0.1, -0.05) is 15.9 Å². The first-order valence-corrected chi connectivity index (χ1v) is 5.06. The van der Waals surface area contributed by atoms with E-state index < -0.39 is 12.0 Å². The molecular weight excluding hydrogens is 262 g/mol. The minimum absolute atomic E-state index is 0.494. The first-order valence-electron chi connectivity index (χ1n) is 4.27. The van der Waals surface area contributed by atoms with E-state index in [1.807, 2.05) is 6.07 Å². The highest BCUT2D eigenvalue weighted by Gasteiger charge is 2.20. The smallest absolute Gasteiger partial charge is 0.327 e. The van der Waals surface area contributed by atoms with Gasteiger partial charge in [0.2, 0.25) is 0 Å². The average molecular weight is 274 g/mol. The number of halogens is 1. The third-order valence-electron chi connectivity index (χ3n) is 1.98. The standard InChI is InChI=1S/C10H12BrNO3/c1-14-8-4-3-6(11)5-7(8)9(12)10(13)15-2/h3-5,9H,12H2,1-2H3/t9-/m1/s1. The monoisotopic (exact) mass is 273 g/mol. The summed E-state index contributed by atoms with van der Waals surface area (Å²) >= 11 is 3.30. The van der Waals surface area contributed by atoms with Gasteiger partial charge in [-0.15, -0.1) is 0 Å². The van der Waals surface area contributed by atoms with E-state index in [-0.39, 0.29) is 0 Å². The number of rotatable bonds is 3. The molecule has 1 aromatic carbocycles. The molecule has 0 unspecified atom stereocenters. The van der Waals surface area contributed by atoms with Crippen LogP contribution in [0.25, 0.3) is 0 Å². The highest BCUT2D eigenvalue weighted by atomic mass is 79.9. The number of carbonyl (C=O) groups excluding carboxylic acids is 1. The van der Waals surface area contributed by atoms with Gasteiger partial charge in [0, 0.05) is 10.0 Å². The van der Waals surface area contributed by atoms with Crippen LogP contribution in [0, 0.1) is 0 Å². The van der Waals surface area contributed by atoms with Crippen LogP contribution >= 0.6 is 15.9 Å². The number of methoxy groups -OCH3 is 2. The highest BCUT2D eigenvalue weighted by molar-refractivity contribution is 9.10. The van der Waals surface area contributed by atoms with Crippen LogP contribution in [0.3, 0.4) is 0 Å². The topological polar surface area (TPSA) is 61.5 Å². The van der Waals surface area contributed by atoms with Crippen molar-refractivity contribution < 1.29 is 14.3 Å². The van der Waals surface area contributed by atoms with Gasteiger partial charge in [-0.2, -0.15) is 0 Å². The molecule has 15 heavy (non-hydrogen) atoms. The van der Waals surface area contributed by atoms with Gasteiger partial charge in [-0.3, -0.25) is 4.79 Å². The van der Waals surface area contributed by atoms with Crippen molar-refractivity contribution in [2.75, 3.05) is 14.2 Å². The zero-order chi connectivity index (χ0) is 11.4. The number of esters is 1. The van der Waals surface area contributed by atoms with E-state index in [0.717, 1.165) is 4.47 Å². The van der Waals surface area contributed by atoms with Crippen LogP contribution in [0.4, 0.5) is 0 Å². The Hall–Kier alpha value is -1.07. The second-order valence-electron chi connectivity index (χ2n) is 2.89. The van der Waals surface area contributed by atoms with Crippen LogP contribution in [0.5, 0.6) is 5.75 Å². The zero-order valence-electron chi connectivity index (χ0n) is 8.49. The molecule has 5 heteroatoms. The Morgan fingerprint density at radius 1 is 1.47 bits per heavy atom. The van der Waals surface area contributed by atoms with Crippen LogP contribution in [-0.4, -0.2) is 20.2 Å². The first kappa shape index (κ1) is 12.0. The second-order valence-corrected chi connectivity index (χ2v) is 3.80. The van der Waals surface area contributed by atoms with Gasteiger partial charge in [-0.05, 0) is 18.2 Å². The fraction of sp³-hybridized carbons (Fsp3) is 0.300. The summed E-state index contributed by atoms with van der Waals surface area (Å²) in [7, 11) is 2.82. The molecule has 2 N–H and O–H groups in total. The lowest BCUT2D eigenvalue weighted by Crippen LogP contribution is -2.23. The lowest BCUT2D eigenvalue weighted by molar-refractivity contribution is -0.142. The summed E-state index contributed by atoms with van der Waals surface area (Å²) in [4.78, 5) is 11.3. The van der Waals surface area contributed by atoms with Gasteiger partial charge >= 0.3 is 5.97 Å². The van der Waals surface area contributed by atoms with Crippen molar-refractivity contribution in [2.45, 2.75) is 6.04 Å². The van der Waals surface area contributed by atoms with Gasteiger partial charge in [0.1, 0.15) is 11.8 Å². The summed E-state index contributed by atoms with van der Waals surface area (Å²) in [6.07, 6.45) is 0. The minimum Gasteiger partial charge on any atom is -0.496 e. The summed E-state index contributed by atoms with van der Waals surface area (Å²) in [5.41, 5.74) is 6.31. The predicted molar refractivity (Wildman–Crippen MR) is 59.6 cm³/mol. The quantitative estimate of drug-likeness (QED) is 0.851. The van der Waals surface area contributed by atoms with Gasteiger partial charge in [0.15, 0.2) is 0 Å². The van der Waals surface area contributed by atoms with Gasteiger partial charge < -0.3 is 15.2 Å². The third-order valence-corrected chi connectivity index (χ3v) is 2.48. The Labute approximate surface area is 96.5 Å². The highest BCUT2D eigenvalue weighted by Crippen LogP contribution is 2.27. The minimum atomic E-state index is -0.831. The number of ether oxygens (including phenoxy) is 2. The number of hydrogen-bond acceptors (Lipinski definition) is 4. The average Bonchev–Trinajstić information content (AvgIpc) is 2.27. The van der Waals surface area contributed by atoms with Crippen molar-refractivity contribution in [1.29, 1.82) is 0 Å². The van der Waals surface area contributed by atoms with Crippen molar-refractivity contribution >= 4 is 21.9 Å². The van der Waals surface area contributed by atoms with E-state index in [1.54, 1.807) is 12.1 Å². The molecule has 1 atom stereocenters. The molecule has 0 aliphatic rings. The van der Waals surface area contributed by atoms with Crippen molar-refractivity contribution in [1.82, 2.24) is 0 Å². The molecule has 0 saturated heterocycles. The molecule has 0 saturated carbocycles. The van der Waals surface area contributed by atoms with Gasteiger partial charge in [0.25, 0.3) is 0 Å². The Bertz CT molecular complexity index is 368. The number of carbonyl (C=O) groups is 1. The molecule has 0 bridgehead atoms. The van der Waals surface area contributed by atoms with Gasteiger partial charge in [0.05, 0.1) is 14.2 Å². The van der Waals surface area contributed by atoms with Crippen LogP contribution in [0.2, 0.25) is 0 Å².